The fourth-order valence-corrected chi connectivity index (χ4v) is 7.25. The summed E-state index contributed by atoms with van der Waals surface area (Å²) in [6, 6.07) is 15.3. The number of thiophene rings is 1. The molecule has 196 valence electrons. The van der Waals surface area contributed by atoms with Crippen molar-refractivity contribution >= 4 is 39.8 Å². The predicted molar refractivity (Wildman–Crippen MR) is 145 cm³/mol. The monoisotopic (exact) mass is 530 g/mol. The largest absolute Gasteiger partial charge is 0.462 e. The van der Waals surface area contributed by atoms with E-state index in [1.54, 1.807) is 12.0 Å². The standard InChI is InChI=1S/C30H30N2O5S/c1-4-36-30(35)23-20-10-6-8-12-22(20)38-29(23)31-27(33)24-25(19-15-13-17(2)14-16-19)32(37-26(24)28(31)34)21-11-7-5-9-18(21)3/h5,7,9,11,13-16,24-26H,4,6,8,10,12H2,1-3H3/t24-,25-,26-/m0/s1. The number of aryl methyl sites for hydroxylation is 3. The second-order valence-electron chi connectivity index (χ2n) is 10.1. The van der Waals surface area contributed by atoms with Gasteiger partial charge >= 0.3 is 5.97 Å². The summed E-state index contributed by atoms with van der Waals surface area (Å²) >= 11 is 1.37. The van der Waals surface area contributed by atoms with Gasteiger partial charge in [-0.15, -0.1) is 11.3 Å². The first-order chi connectivity index (χ1) is 18.4. The van der Waals surface area contributed by atoms with E-state index in [2.05, 4.69) is 0 Å². The molecule has 2 saturated heterocycles. The molecule has 6 rings (SSSR count). The van der Waals surface area contributed by atoms with Crippen molar-refractivity contribution < 1.29 is 24.0 Å². The van der Waals surface area contributed by atoms with Crippen LogP contribution in [0.25, 0.3) is 0 Å². The molecule has 1 aromatic heterocycles. The third-order valence-corrected chi connectivity index (χ3v) is 9.00. The molecule has 2 aromatic carbocycles. The van der Waals surface area contributed by atoms with Gasteiger partial charge < -0.3 is 4.74 Å². The molecule has 3 aliphatic rings. The maximum atomic E-state index is 14.2. The van der Waals surface area contributed by atoms with E-state index in [0.29, 0.717) is 10.6 Å². The number of amides is 2. The third-order valence-electron chi connectivity index (χ3n) is 7.72. The van der Waals surface area contributed by atoms with E-state index >= 15 is 0 Å². The maximum Gasteiger partial charge on any atom is 0.341 e. The number of para-hydroxylation sites is 1. The minimum atomic E-state index is -0.984. The SMILES string of the molecule is CCOC(=O)c1c(N2C(=O)[C@@H]3[C@H](ON(c4ccccc4C)[C@H]3c3ccc(C)cc3)C2=O)sc2c1CCCC2. The molecule has 2 fully saturated rings. The van der Waals surface area contributed by atoms with Gasteiger partial charge in [0.25, 0.3) is 5.91 Å². The number of rotatable bonds is 5. The van der Waals surface area contributed by atoms with Gasteiger partial charge in [-0.25, -0.2) is 14.8 Å². The number of fused-ring (bicyclic) bond motifs is 2. The quantitative estimate of drug-likeness (QED) is 0.322. The zero-order chi connectivity index (χ0) is 26.6. The third kappa shape index (κ3) is 3.85. The molecule has 0 bridgehead atoms. The molecular weight excluding hydrogens is 500 g/mol. The Morgan fingerprint density at radius 3 is 2.50 bits per heavy atom. The van der Waals surface area contributed by atoms with Gasteiger partial charge in [0.15, 0.2) is 6.10 Å². The first-order valence-corrected chi connectivity index (χ1v) is 14.0. The van der Waals surface area contributed by atoms with Gasteiger partial charge in [-0.3, -0.25) is 14.4 Å². The Kier molecular flexibility index (Phi) is 6.32. The van der Waals surface area contributed by atoms with Crippen LogP contribution < -0.4 is 9.96 Å². The smallest absolute Gasteiger partial charge is 0.341 e. The van der Waals surface area contributed by atoms with Crippen LogP contribution in [-0.2, 0) is 32.0 Å². The summed E-state index contributed by atoms with van der Waals surface area (Å²) in [7, 11) is 0. The number of ether oxygens (including phenoxy) is 1. The number of esters is 1. The molecule has 0 spiro atoms. The summed E-state index contributed by atoms with van der Waals surface area (Å²) in [6.45, 7) is 5.97. The van der Waals surface area contributed by atoms with Crippen LogP contribution in [0.15, 0.2) is 48.5 Å². The highest BCUT2D eigenvalue weighted by molar-refractivity contribution is 7.17. The van der Waals surface area contributed by atoms with E-state index < -0.39 is 29.9 Å². The maximum absolute atomic E-state index is 14.2. The molecule has 0 unspecified atom stereocenters. The molecule has 7 nitrogen and oxygen atoms in total. The molecule has 2 aliphatic heterocycles. The van der Waals surface area contributed by atoms with Crippen LogP contribution in [0.3, 0.4) is 0 Å². The Bertz CT molecular complexity index is 1430. The first-order valence-electron chi connectivity index (χ1n) is 13.2. The van der Waals surface area contributed by atoms with Crippen molar-refractivity contribution in [3.05, 3.63) is 81.2 Å². The number of carbonyl (C=O) groups is 3. The Labute approximate surface area is 225 Å². The summed E-state index contributed by atoms with van der Waals surface area (Å²) in [5.41, 5.74) is 5.09. The summed E-state index contributed by atoms with van der Waals surface area (Å²) in [6.07, 6.45) is 2.58. The van der Waals surface area contributed by atoms with Crippen molar-refractivity contribution in [3.63, 3.8) is 0 Å². The number of imide groups is 1. The summed E-state index contributed by atoms with van der Waals surface area (Å²) in [5, 5.41) is 2.11. The highest BCUT2D eigenvalue weighted by Crippen LogP contribution is 2.50. The second-order valence-corrected chi connectivity index (χ2v) is 11.2. The lowest BCUT2D eigenvalue weighted by Crippen LogP contribution is -2.38. The van der Waals surface area contributed by atoms with Crippen LogP contribution in [0.4, 0.5) is 10.7 Å². The zero-order valence-electron chi connectivity index (χ0n) is 21.7. The molecule has 0 saturated carbocycles. The van der Waals surface area contributed by atoms with E-state index in [0.717, 1.165) is 58.5 Å². The van der Waals surface area contributed by atoms with Gasteiger partial charge in [-0.1, -0.05) is 48.0 Å². The molecule has 3 atom stereocenters. The number of nitrogens with zero attached hydrogens (tertiary/aromatic N) is 2. The average molecular weight is 531 g/mol. The molecule has 1 aliphatic carbocycles. The lowest BCUT2D eigenvalue weighted by molar-refractivity contribution is -0.126. The van der Waals surface area contributed by atoms with Crippen LogP contribution in [0.2, 0.25) is 0 Å². The van der Waals surface area contributed by atoms with E-state index in [1.165, 1.54) is 16.2 Å². The van der Waals surface area contributed by atoms with Crippen molar-refractivity contribution in [2.45, 2.75) is 58.6 Å². The number of anilines is 2. The molecule has 38 heavy (non-hydrogen) atoms. The van der Waals surface area contributed by atoms with E-state index in [-0.39, 0.29) is 12.5 Å². The van der Waals surface area contributed by atoms with Gasteiger partial charge in [0.2, 0.25) is 5.91 Å². The minimum absolute atomic E-state index is 0.222. The van der Waals surface area contributed by atoms with Crippen LogP contribution in [0, 0.1) is 19.8 Å². The van der Waals surface area contributed by atoms with Gasteiger partial charge in [0.05, 0.1) is 23.9 Å². The fraction of sp³-hybridized carbons (Fsp3) is 0.367. The van der Waals surface area contributed by atoms with Crippen molar-refractivity contribution in [1.29, 1.82) is 0 Å². The van der Waals surface area contributed by atoms with Gasteiger partial charge in [0.1, 0.15) is 10.9 Å². The van der Waals surface area contributed by atoms with Crippen molar-refractivity contribution in [2.24, 2.45) is 5.92 Å². The Hall–Kier alpha value is -3.49. The van der Waals surface area contributed by atoms with Crippen LogP contribution >= 0.6 is 11.3 Å². The molecule has 8 heteroatoms. The van der Waals surface area contributed by atoms with Crippen molar-refractivity contribution in [3.8, 4) is 0 Å². The fourth-order valence-electron chi connectivity index (χ4n) is 5.86. The van der Waals surface area contributed by atoms with Crippen molar-refractivity contribution in [2.75, 3.05) is 16.6 Å². The minimum Gasteiger partial charge on any atom is -0.462 e. The van der Waals surface area contributed by atoms with Crippen LogP contribution in [-0.4, -0.2) is 30.5 Å². The zero-order valence-corrected chi connectivity index (χ0v) is 22.5. The summed E-state index contributed by atoms with van der Waals surface area (Å²) < 4.78 is 5.39. The van der Waals surface area contributed by atoms with Crippen molar-refractivity contribution in [1.82, 2.24) is 0 Å². The Morgan fingerprint density at radius 2 is 1.76 bits per heavy atom. The normalized spacial score (nSPS) is 22.6. The van der Waals surface area contributed by atoms with Gasteiger partial charge in [-0.2, -0.15) is 0 Å². The number of hydrogen-bond acceptors (Lipinski definition) is 7. The molecule has 0 N–H and O–H groups in total. The first kappa shape index (κ1) is 24.8. The van der Waals surface area contributed by atoms with E-state index in [4.69, 9.17) is 9.57 Å². The highest BCUT2D eigenvalue weighted by atomic mass is 32.1. The van der Waals surface area contributed by atoms with Crippen LogP contribution in [0.5, 0.6) is 0 Å². The summed E-state index contributed by atoms with van der Waals surface area (Å²) in [5.74, 6) is -2.00. The van der Waals surface area contributed by atoms with Crippen LogP contribution in [0.1, 0.15) is 63.3 Å². The van der Waals surface area contributed by atoms with E-state index in [9.17, 15) is 14.4 Å². The molecule has 3 heterocycles. The van der Waals surface area contributed by atoms with Gasteiger partial charge in [-0.05, 0) is 69.2 Å². The Morgan fingerprint density at radius 1 is 1.03 bits per heavy atom. The molecule has 0 radical (unpaired) electrons. The summed E-state index contributed by atoms with van der Waals surface area (Å²) in [4.78, 5) is 49.9. The Balaban J connectivity index is 1.45. The number of hydrogen-bond donors (Lipinski definition) is 0. The molecule has 2 amide bonds. The highest BCUT2D eigenvalue weighted by Gasteiger charge is 2.61. The van der Waals surface area contributed by atoms with E-state index in [1.807, 2.05) is 62.4 Å². The lowest BCUT2D eigenvalue weighted by atomic mass is 9.90. The number of hydroxylamine groups is 1. The van der Waals surface area contributed by atoms with Gasteiger partial charge in [0, 0.05) is 4.88 Å². The lowest BCUT2D eigenvalue weighted by Gasteiger charge is -2.29. The number of benzene rings is 2. The molecular formula is C30H30N2O5S. The number of carbonyl (C=O) groups excluding carboxylic acids is 3. The second kappa shape index (κ2) is 9.67. The predicted octanol–water partition coefficient (Wildman–Crippen LogP) is 5.47. The molecule has 3 aromatic rings. The topological polar surface area (TPSA) is 76.2 Å². The average Bonchev–Trinajstić information content (AvgIpc) is 3.55.